The number of anilines is 1. The Labute approximate surface area is 171 Å². The molecule has 156 valence electrons. The molecule has 0 radical (unpaired) electrons. The molecule has 1 atom stereocenters. The van der Waals surface area contributed by atoms with Gasteiger partial charge in [-0.15, -0.1) is 0 Å². The molecule has 1 heterocycles. The third-order valence-corrected chi connectivity index (χ3v) is 5.23. The van der Waals surface area contributed by atoms with Crippen LogP contribution in [-0.2, 0) is 16.4 Å². The van der Waals surface area contributed by atoms with Gasteiger partial charge >= 0.3 is 7.60 Å². The molecule has 0 aliphatic carbocycles. The van der Waals surface area contributed by atoms with Crippen molar-refractivity contribution in [3.63, 3.8) is 0 Å². The quantitative estimate of drug-likeness (QED) is 0.351. The Kier molecular flexibility index (Phi) is 6.28. The van der Waals surface area contributed by atoms with Crippen LogP contribution in [-0.4, -0.2) is 30.6 Å². The van der Waals surface area contributed by atoms with Gasteiger partial charge in [-0.2, -0.15) is 5.10 Å². The van der Waals surface area contributed by atoms with Crippen LogP contribution in [0.5, 0.6) is 0 Å². The van der Waals surface area contributed by atoms with E-state index in [2.05, 4.69) is 10.4 Å². The third-order valence-electron chi connectivity index (χ3n) is 4.29. The van der Waals surface area contributed by atoms with Gasteiger partial charge in [-0.3, -0.25) is 14.0 Å². The maximum atomic E-state index is 13.2. The van der Waals surface area contributed by atoms with Crippen LogP contribution < -0.4 is 5.32 Å². The highest BCUT2D eigenvalue weighted by molar-refractivity contribution is 7.51. The number of aliphatic hydroxyl groups excluding tert-OH is 1. The lowest BCUT2D eigenvalue weighted by atomic mass is 10.1. The number of nitrogens with zero attached hydrogens (tertiary/aromatic N) is 2. The molecule has 0 bridgehead atoms. The summed E-state index contributed by atoms with van der Waals surface area (Å²) in [6.45, 7) is 0. The maximum Gasteiger partial charge on any atom is 0.358 e. The van der Waals surface area contributed by atoms with Crippen molar-refractivity contribution in [2.45, 2.75) is 5.85 Å². The summed E-state index contributed by atoms with van der Waals surface area (Å²) < 4.78 is 25.9. The summed E-state index contributed by atoms with van der Waals surface area (Å²) in [4.78, 5) is 30.2. The first-order valence-electron chi connectivity index (χ1n) is 8.75. The highest BCUT2D eigenvalue weighted by Crippen LogP contribution is 2.49. The maximum absolute atomic E-state index is 13.2. The number of rotatable bonds is 6. The van der Waals surface area contributed by atoms with Crippen molar-refractivity contribution in [3.8, 4) is 11.3 Å². The minimum atomic E-state index is -4.67. The molecule has 1 unspecified atom stereocenters. The minimum absolute atomic E-state index is 0.0381. The molecule has 0 spiro atoms. The first-order valence-corrected chi connectivity index (χ1v) is 10.4. The summed E-state index contributed by atoms with van der Waals surface area (Å²) in [6, 6.07) is 11.4. The van der Waals surface area contributed by atoms with E-state index in [1.54, 1.807) is 36.1 Å². The molecule has 30 heavy (non-hydrogen) atoms. The predicted molar refractivity (Wildman–Crippen MR) is 110 cm³/mol. The Morgan fingerprint density at radius 3 is 2.40 bits per heavy atom. The van der Waals surface area contributed by atoms with Crippen LogP contribution in [0.25, 0.3) is 17.3 Å². The van der Waals surface area contributed by atoms with Gasteiger partial charge in [0.15, 0.2) is 5.85 Å². The van der Waals surface area contributed by atoms with E-state index >= 15 is 0 Å². The van der Waals surface area contributed by atoms with Crippen molar-refractivity contribution in [3.05, 3.63) is 77.7 Å². The zero-order valence-corrected chi connectivity index (χ0v) is 16.7. The van der Waals surface area contributed by atoms with E-state index in [-0.39, 0.29) is 11.4 Å². The Morgan fingerprint density at radius 2 is 1.80 bits per heavy atom. The number of aryl methyl sites for hydroxylation is 1. The average molecular weight is 431 g/mol. The van der Waals surface area contributed by atoms with E-state index in [1.165, 1.54) is 42.5 Å². The van der Waals surface area contributed by atoms with E-state index in [4.69, 9.17) is 9.79 Å². The molecule has 0 saturated carbocycles. The van der Waals surface area contributed by atoms with Crippen LogP contribution in [0.4, 0.5) is 10.1 Å². The minimum Gasteiger partial charge on any atom is -0.376 e. The van der Waals surface area contributed by atoms with E-state index in [9.17, 15) is 18.9 Å². The number of aliphatic hydroxyl groups is 1. The lowest BCUT2D eigenvalue weighted by Crippen LogP contribution is -2.08. The fourth-order valence-electron chi connectivity index (χ4n) is 2.82. The van der Waals surface area contributed by atoms with Crippen molar-refractivity contribution in [2.75, 3.05) is 5.32 Å². The third kappa shape index (κ3) is 5.08. The number of hydrogen-bond acceptors (Lipinski definition) is 4. The van der Waals surface area contributed by atoms with Gasteiger partial charge in [-0.1, -0.05) is 12.1 Å². The van der Waals surface area contributed by atoms with Gasteiger partial charge in [0.25, 0.3) is 0 Å². The molecule has 2 aromatic carbocycles. The Bertz CT molecular complexity index is 1120. The Hall–Kier alpha value is -3.10. The van der Waals surface area contributed by atoms with Gasteiger partial charge in [0.2, 0.25) is 5.91 Å². The lowest BCUT2D eigenvalue weighted by molar-refractivity contribution is -0.111. The van der Waals surface area contributed by atoms with Crippen LogP contribution in [0.3, 0.4) is 0 Å². The van der Waals surface area contributed by atoms with Crippen molar-refractivity contribution < 1.29 is 28.6 Å². The van der Waals surface area contributed by atoms with Crippen LogP contribution in [0.15, 0.2) is 60.8 Å². The molecule has 1 amide bonds. The number of halogens is 1. The molecule has 3 aromatic rings. The predicted octanol–water partition coefficient (Wildman–Crippen LogP) is 3.05. The summed E-state index contributed by atoms with van der Waals surface area (Å²) in [5.74, 6) is -2.71. The zero-order valence-electron chi connectivity index (χ0n) is 15.8. The molecule has 0 aliphatic heterocycles. The van der Waals surface area contributed by atoms with E-state index in [0.717, 1.165) is 11.3 Å². The fraction of sp³-hybridized carbons (Fsp3) is 0.100. The summed E-state index contributed by atoms with van der Waals surface area (Å²) in [5, 5.41) is 16.4. The standard InChI is InChI=1S/C20H19FN3O5P/c1-24-19(13-2-7-16(21)8-3-13)15(12-22-24)6-11-18(25)23-17-9-4-14(5-10-17)20(26)30(27,28)29/h2-12,20,26H,1H3,(H,23,25)(H2,27,28,29)/b11-6+. The fourth-order valence-corrected chi connectivity index (χ4v) is 3.38. The largest absolute Gasteiger partial charge is 0.376 e. The van der Waals surface area contributed by atoms with Crippen molar-refractivity contribution in [1.29, 1.82) is 0 Å². The number of amides is 1. The van der Waals surface area contributed by atoms with Crippen LogP contribution in [0.2, 0.25) is 0 Å². The number of carbonyl (C=O) groups excluding carboxylic acids is 1. The highest BCUT2D eigenvalue weighted by atomic mass is 31.2. The number of aromatic nitrogens is 2. The average Bonchev–Trinajstić information content (AvgIpc) is 3.07. The number of nitrogens with one attached hydrogen (secondary N) is 1. The van der Waals surface area contributed by atoms with Gasteiger partial charge < -0.3 is 20.2 Å². The summed E-state index contributed by atoms with van der Waals surface area (Å²) in [6.07, 6.45) is 4.47. The Morgan fingerprint density at radius 1 is 1.17 bits per heavy atom. The van der Waals surface area contributed by atoms with Crippen LogP contribution in [0, 0.1) is 5.82 Å². The molecule has 10 heteroatoms. The second-order valence-electron chi connectivity index (χ2n) is 6.49. The second-order valence-corrected chi connectivity index (χ2v) is 8.15. The Balaban J connectivity index is 1.71. The van der Waals surface area contributed by atoms with Crippen LogP contribution in [0.1, 0.15) is 17.0 Å². The summed E-state index contributed by atoms with van der Waals surface area (Å²) >= 11 is 0. The normalized spacial score (nSPS) is 12.8. The van der Waals surface area contributed by atoms with E-state index < -0.39 is 19.3 Å². The van der Waals surface area contributed by atoms with Crippen LogP contribution >= 0.6 is 7.60 Å². The van der Waals surface area contributed by atoms with Crippen molar-refractivity contribution in [1.82, 2.24) is 9.78 Å². The topological polar surface area (TPSA) is 125 Å². The van der Waals surface area contributed by atoms with Gasteiger partial charge in [0, 0.05) is 29.9 Å². The summed E-state index contributed by atoms with van der Waals surface area (Å²) in [5.41, 5.74) is 2.55. The van der Waals surface area contributed by atoms with Gasteiger partial charge in [-0.25, -0.2) is 4.39 Å². The lowest BCUT2D eigenvalue weighted by Gasteiger charge is -2.13. The molecular weight excluding hydrogens is 412 g/mol. The molecule has 8 nitrogen and oxygen atoms in total. The highest BCUT2D eigenvalue weighted by Gasteiger charge is 2.27. The van der Waals surface area contributed by atoms with Gasteiger partial charge in [0.1, 0.15) is 5.82 Å². The van der Waals surface area contributed by atoms with E-state index in [1.807, 2.05) is 0 Å². The van der Waals surface area contributed by atoms with Crippen molar-refractivity contribution >= 4 is 25.3 Å². The molecular formula is C20H19FN3O5P. The molecule has 0 saturated heterocycles. The van der Waals surface area contributed by atoms with E-state index in [0.29, 0.717) is 11.3 Å². The number of carbonyl (C=O) groups is 1. The first-order chi connectivity index (χ1) is 14.1. The second kappa shape index (κ2) is 8.73. The summed E-state index contributed by atoms with van der Waals surface area (Å²) in [7, 11) is -2.93. The molecule has 4 N–H and O–H groups in total. The molecule has 1 aromatic heterocycles. The molecule has 0 aliphatic rings. The van der Waals surface area contributed by atoms with Gasteiger partial charge in [-0.05, 0) is 48.0 Å². The molecule has 3 rings (SSSR count). The smallest absolute Gasteiger partial charge is 0.358 e. The number of benzene rings is 2. The first kappa shape index (κ1) is 21.6. The number of hydrogen-bond donors (Lipinski definition) is 4. The monoisotopic (exact) mass is 431 g/mol. The van der Waals surface area contributed by atoms with Crippen molar-refractivity contribution in [2.24, 2.45) is 7.05 Å². The SMILES string of the molecule is Cn1ncc(/C=C/C(=O)Nc2ccc(C(O)P(=O)(O)O)cc2)c1-c1ccc(F)cc1. The molecule has 0 fully saturated rings. The van der Waals surface area contributed by atoms with Gasteiger partial charge in [0.05, 0.1) is 11.9 Å². The zero-order chi connectivity index (χ0) is 21.9.